The van der Waals surface area contributed by atoms with Gasteiger partial charge in [0.15, 0.2) is 0 Å². The number of aromatic nitrogens is 5. The molecule has 278 valence electrons. The number of halogens is 6. The molecular formula is C35H32F6N8O3S. The number of sulfonamides is 1. The van der Waals surface area contributed by atoms with E-state index in [1.54, 1.807) is 18.2 Å². The molecule has 2 aliphatic carbocycles. The summed E-state index contributed by atoms with van der Waals surface area (Å²) in [7, 11) is -1.90. The number of rotatable bonds is 10. The molecule has 18 heteroatoms. The Kier molecular flexibility index (Phi) is 8.61. The van der Waals surface area contributed by atoms with Gasteiger partial charge in [-0.15, -0.1) is 0 Å². The van der Waals surface area contributed by atoms with Crippen LogP contribution < -0.4 is 5.32 Å². The number of nitrogens with one attached hydrogen (secondary N) is 2. The fourth-order valence-electron chi connectivity index (χ4n) is 7.51. The highest BCUT2D eigenvalue weighted by Crippen LogP contribution is 2.68. The molecule has 3 aromatic heterocycles. The van der Waals surface area contributed by atoms with E-state index in [2.05, 4.69) is 20.6 Å². The van der Waals surface area contributed by atoms with Crippen molar-refractivity contribution in [3.8, 4) is 11.1 Å². The molecule has 3 atom stereocenters. The van der Waals surface area contributed by atoms with Crippen LogP contribution in [-0.4, -0.2) is 81.7 Å². The fraction of sp³-hybridized carbons (Fsp3) is 0.371. The summed E-state index contributed by atoms with van der Waals surface area (Å²) in [6.07, 6.45) is -1.89. The van der Waals surface area contributed by atoms with Gasteiger partial charge in [-0.1, -0.05) is 12.1 Å². The summed E-state index contributed by atoms with van der Waals surface area (Å²) in [6.45, 7) is 0.977. The van der Waals surface area contributed by atoms with E-state index in [9.17, 15) is 30.8 Å². The number of carbonyl (C=O) groups excluding carboxylic acids is 1. The minimum Gasteiger partial charge on any atom is -0.346 e. The van der Waals surface area contributed by atoms with Crippen LogP contribution in [0, 0.1) is 17.6 Å². The number of piperazine rings is 1. The van der Waals surface area contributed by atoms with Gasteiger partial charge in [0.05, 0.1) is 28.3 Å². The summed E-state index contributed by atoms with van der Waals surface area (Å²) in [6, 6.07) is 9.35. The number of fused-ring (bicyclic) bond motifs is 4. The van der Waals surface area contributed by atoms with E-state index >= 15 is 8.78 Å². The number of H-pyrrole nitrogens is 1. The first-order valence-corrected chi connectivity index (χ1v) is 18.3. The number of aromatic amines is 1. The Balaban J connectivity index is 1.16. The van der Waals surface area contributed by atoms with Crippen molar-refractivity contribution in [2.45, 2.75) is 48.6 Å². The number of carbonyl (C=O) groups is 1. The zero-order valence-corrected chi connectivity index (χ0v) is 28.9. The second kappa shape index (κ2) is 12.9. The van der Waals surface area contributed by atoms with Gasteiger partial charge in [-0.3, -0.25) is 14.6 Å². The van der Waals surface area contributed by atoms with Gasteiger partial charge in [0.2, 0.25) is 15.9 Å². The molecule has 5 aromatic rings. The zero-order chi connectivity index (χ0) is 37.4. The van der Waals surface area contributed by atoms with Gasteiger partial charge in [-0.25, -0.2) is 31.0 Å². The molecule has 2 aromatic carbocycles. The standard InChI is InChI=1S/C35H32F6N8O3S/c1-47-6-8-48(9-7-47)53(51,52)22-4-2-19(3-5-22)23-15-26-28(16-42-45-26)44-31(23)27(12-18-10-20(36)13-21(37)11-18)43-29(50)17-49-33-30(32(46-49)34(38)39)24-14-25(24)35(33,40)41/h2-5,10-11,13,15-16,24-25,27,34H,6-9,12,14,17H2,1H3,(H,42,45)(H,43,50)/t24-,25+,27-/m0/s1. The SMILES string of the molecule is CN1CCN(S(=O)(=O)c2ccc(-c3cc4[nH]ncc4nc3[C@H](Cc3cc(F)cc(F)c3)NC(=O)Cn3nc(C(F)F)c4c3C(F)(F)[C@@H]3C[C@H]43)cc2)CC1. The molecule has 0 bridgehead atoms. The summed E-state index contributed by atoms with van der Waals surface area (Å²) in [5, 5.41) is 13.3. The van der Waals surface area contributed by atoms with E-state index < -0.39 is 75.7 Å². The Bertz CT molecular complexity index is 2320. The van der Waals surface area contributed by atoms with Crippen molar-refractivity contribution in [2.75, 3.05) is 33.2 Å². The third kappa shape index (κ3) is 6.35. The van der Waals surface area contributed by atoms with E-state index in [0.717, 1.165) is 12.1 Å². The summed E-state index contributed by atoms with van der Waals surface area (Å²) >= 11 is 0. The van der Waals surface area contributed by atoms with Gasteiger partial charge >= 0.3 is 0 Å². The van der Waals surface area contributed by atoms with Gasteiger partial charge in [-0.2, -0.15) is 23.3 Å². The Morgan fingerprint density at radius 1 is 1.02 bits per heavy atom. The van der Waals surface area contributed by atoms with Crippen molar-refractivity contribution in [3.05, 3.63) is 94.6 Å². The van der Waals surface area contributed by atoms with Crippen molar-refractivity contribution in [3.63, 3.8) is 0 Å². The Morgan fingerprint density at radius 3 is 2.40 bits per heavy atom. The second-order valence-electron chi connectivity index (χ2n) is 13.7. The molecule has 1 aliphatic heterocycles. The molecular weight excluding hydrogens is 726 g/mol. The molecule has 2 fully saturated rings. The molecule has 3 aliphatic rings. The van der Waals surface area contributed by atoms with Crippen LogP contribution in [0.1, 0.15) is 53.0 Å². The minimum absolute atomic E-state index is 0.0532. The number of nitrogens with zero attached hydrogens (tertiary/aromatic N) is 6. The van der Waals surface area contributed by atoms with E-state index in [-0.39, 0.29) is 34.6 Å². The van der Waals surface area contributed by atoms with Gasteiger partial charge in [0.1, 0.15) is 35.1 Å². The van der Waals surface area contributed by atoms with Crippen molar-refractivity contribution in [2.24, 2.45) is 5.92 Å². The average Bonchev–Trinajstić information content (AvgIpc) is 3.52. The lowest BCUT2D eigenvalue weighted by molar-refractivity contribution is -0.123. The fourth-order valence-corrected chi connectivity index (χ4v) is 8.93. The van der Waals surface area contributed by atoms with Gasteiger partial charge < -0.3 is 10.2 Å². The number of benzene rings is 2. The number of amides is 1. The number of likely N-dealkylation sites (N-methyl/N-ethyl adjacent to an activating group) is 1. The van der Waals surface area contributed by atoms with Gasteiger partial charge in [0, 0.05) is 49.3 Å². The summed E-state index contributed by atoms with van der Waals surface area (Å²) in [4.78, 5) is 20.5. The molecule has 4 heterocycles. The highest BCUT2D eigenvalue weighted by molar-refractivity contribution is 7.89. The van der Waals surface area contributed by atoms with Gasteiger partial charge in [-0.05, 0) is 67.3 Å². The van der Waals surface area contributed by atoms with Gasteiger partial charge in [0.25, 0.3) is 12.3 Å². The van der Waals surface area contributed by atoms with Crippen LogP contribution in [0.4, 0.5) is 26.3 Å². The lowest BCUT2D eigenvalue weighted by atomic mass is 9.95. The van der Waals surface area contributed by atoms with Crippen LogP contribution in [0.3, 0.4) is 0 Å². The molecule has 8 rings (SSSR count). The Hall–Kier alpha value is -4.81. The largest absolute Gasteiger partial charge is 0.346 e. The second-order valence-corrected chi connectivity index (χ2v) is 15.7. The van der Waals surface area contributed by atoms with E-state index in [1.807, 2.05) is 11.9 Å². The predicted molar refractivity (Wildman–Crippen MR) is 178 cm³/mol. The molecule has 1 amide bonds. The first-order valence-electron chi connectivity index (χ1n) is 16.8. The maximum atomic E-state index is 15.3. The zero-order valence-electron chi connectivity index (χ0n) is 28.0. The third-order valence-corrected chi connectivity index (χ3v) is 12.1. The highest BCUT2D eigenvalue weighted by Gasteiger charge is 2.67. The molecule has 1 saturated heterocycles. The average molecular weight is 759 g/mol. The lowest BCUT2D eigenvalue weighted by Crippen LogP contribution is -2.46. The summed E-state index contributed by atoms with van der Waals surface area (Å²) in [5.74, 6) is -8.00. The normalized spacial score (nSPS) is 20.5. The summed E-state index contributed by atoms with van der Waals surface area (Å²) < 4.78 is 116. The van der Waals surface area contributed by atoms with Crippen molar-refractivity contribution in [1.82, 2.24) is 39.5 Å². The van der Waals surface area contributed by atoms with Crippen LogP contribution in [-0.2, 0) is 33.7 Å². The van der Waals surface area contributed by atoms with E-state index in [4.69, 9.17) is 4.98 Å². The Morgan fingerprint density at radius 2 is 1.72 bits per heavy atom. The highest BCUT2D eigenvalue weighted by atomic mass is 32.2. The van der Waals surface area contributed by atoms with Crippen LogP contribution in [0.5, 0.6) is 0 Å². The van der Waals surface area contributed by atoms with Crippen LogP contribution >= 0.6 is 0 Å². The van der Waals surface area contributed by atoms with E-state index in [0.29, 0.717) is 59.1 Å². The summed E-state index contributed by atoms with van der Waals surface area (Å²) in [5.41, 5.74) is 0.276. The Labute approximate surface area is 299 Å². The molecule has 0 spiro atoms. The molecule has 0 unspecified atom stereocenters. The van der Waals surface area contributed by atoms with Crippen molar-refractivity contribution < 1.29 is 39.6 Å². The van der Waals surface area contributed by atoms with Crippen LogP contribution in [0.25, 0.3) is 22.2 Å². The molecule has 1 saturated carbocycles. The lowest BCUT2D eigenvalue weighted by Gasteiger charge is -2.31. The minimum atomic E-state index is -3.81. The molecule has 11 nitrogen and oxygen atoms in total. The van der Waals surface area contributed by atoms with Crippen LogP contribution in [0.2, 0.25) is 0 Å². The molecule has 53 heavy (non-hydrogen) atoms. The van der Waals surface area contributed by atoms with Crippen molar-refractivity contribution in [1.29, 1.82) is 0 Å². The number of hydrogen-bond donors (Lipinski definition) is 2. The first kappa shape index (κ1) is 35.2. The van der Waals surface area contributed by atoms with Crippen LogP contribution in [0.15, 0.2) is 59.6 Å². The number of hydrogen-bond acceptors (Lipinski definition) is 7. The molecule has 2 N–H and O–H groups in total. The number of pyridine rings is 1. The predicted octanol–water partition coefficient (Wildman–Crippen LogP) is 5.28. The number of alkyl halides is 4. The smallest absolute Gasteiger partial charge is 0.293 e. The maximum Gasteiger partial charge on any atom is 0.293 e. The van der Waals surface area contributed by atoms with E-state index in [1.165, 1.54) is 22.6 Å². The molecule has 0 radical (unpaired) electrons. The van der Waals surface area contributed by atoms with Crippen molar-refractivity contribution >= 4 is 27.0 Å². The first-order chi connectivity index (χ1) is 25.2. The third-order valence-electron chi connectivity index (χ3n) is 10.2. The quantitative estimate of drug-likeness (QED) is 0.186. The maximum absolute atomic E-state index is 15.3. The monoisotopic (exact) mass is 758 g/mol. The topological polar surface area (TPSA) is 129 Å².